The van der Waals surface area contributed by atoms with E-state index in [-0.39, 0.29) is 12.0 Å². The zero-order valence-corrected chi connectivity index (χ0v) is 10.7. The molecule has 1 fully saturated rings. The highest BCUT2D eigenvalue weighted by Gasteiger charge is 2.36. The second kappa shape index (κ2) is 5.38. The van der Waals surface area contributed by atoms with Crippen molar-refractivity contribution in [3.05, 3.63) is 30.1 Å². The quantitative estimate of drug-likeness (QED) is 0.810. The summed E-state index contributed by atoms with van der Waals surface area (Å²) in [6.45, 7) is 1.68. The zero-order chi connectivity index (χ0) is 13.1. The van der Waals surface area contributed by atoms with Gasteiger partial charge in [0.15, 0.2) is 18.5 Å². The largest absolute Gasteiger partial charge is 0.473 e. The van der Waals surface area contributed by atoms with E-state index in [0.29, 0.717) is 0 Å². The van der Waals surface area contributed by atoms with E-state index >= 15 is 0 Å². The summed E-state index contributed by atoms with van der Waals surface area (Å²) >= 11 is 0. The molecule has 2 aliphatic heterocycles. The zero-order valence-electron chi connectivity index (χ0n) is 10.7. The normalized spacial score (nSPS) is 26.2. The maximum atomic E-state index is 12.5. The van der Waals surface area contributed by atoms with Crippen molar-refractivity contribution in [3.8, 4) is 0 Å². The summed E-state index contributed by atoms with van der Waals surface area (Å²) in [5.74, 6) is 0.0789. The molecule has 1 aromatic heterocycles. The molecule has 0 spiro atoms. The molecule has 1 saturated heterocycles. The lowest BCUT2D eigenvalue weighted by Crippen LogP contribution is -2.42. The molecule has 0 bridgehead atoms. The van der Waals surface area contributed by atoms with Crippen molar-refractivity contribution in [2.45, 2.75) is 31.4 Å². The van der Waals surface area contributed by atoms with Gasteiger partial charge in [0.2, 0.25) is 0 Å². The van der Waals surface area contributed by atoms with E-state index in [0.717, 1.165) is 31.5 Å². The van der Waals surface area contributed by atoms with Crippen LogP contribution in [0.1, 0.15) is 30.9 Å². The van der Waals surface area contributed by atoms with E-state index in [1.807, 2.05) is 17.0 Å². The molecule has 5 nitrogen and oxygen atoms in total. The summed E-state index contributed by atoms with van der Waals surface area (Å²) in [7, 11) is 0. The van der Waals surface area contributed by atoms with Gasteiger partial charge in [-0.25, -0.2) is 4.99 Å². The molecule has 5 heteroatoms. The number of ether oxygens (including phenoxy) is 1. The van der Waals surface area contributed by atoms with Gasteiger partial charge >= 0.3 is 0 Å². The number of aliphatic imine (C=N–C) groups is 1. The minimum absolute atomic E-state index is 0.0789. The number of rotatable bonds is 2. The van der Waals surface area contributed by atoms with Gasteiger partial charge < -0.3 is 9.64 Å². The first kappa shape index (κ1) is 12.1. The molecule has 19 heavy (non-hydrogen) atoms. The Morgan fingerprint density at radius 2 is 1.95 bits per heavy atom. The second-order valence-corrected chi connectivity index (χ2v) is 4.92. The van der Waals surface area contributed by atoms with Gasteiger partial charge in [-0.1, -0.05) is 0 Å². The Hall–Kier alpha value is -1.91. The number of hydrogen-bond acceptors (Lipinski definition) is 4. The van der Waals surface area contributed by atoms with Crippen molar-refractivity contribution < 1.29 is 9.53 Å². The Morgan fingerprint density at radius 3 is 2.68 bits per heavy atom. The average molecular weight is 259 g/mol. The fraction of sp³-hybridized carbons (Fsp3) is 0.500. The predicted molar refractivity (Wildman–Crippen MR) is 70.8 cm³/mol. The van der Waals surface area contributed by atoms with Crippen LogP contribution >= 0.6 is 0 Å². The van der Waals surface area contributed by atoms with Gasteiger partial charge in [-0.15, -0.1) is 0 Å². The summed E-state index contributed by atoms with van der Waals surface area (Å²) < 4.78 is 5.50. The Balaban J connectivity index is 1.75. The number of hydrogen-bond donors (Lipinski definition) is 0. The molecule has 3 rings (SSSR count). The molecular formula is C14H17N3O2. The molecule has 1 amide bonds. The molecule has 0 N–H and O–H groups in total. The van der Waals surface area contributed by atoms with Crippen LogP contribution in [0.15, 0.2) is 29.5 Å². The highest BCUT2D eigenvalue weighted by molar-refractivity contribution is 5.85. The smallest absolute Gasteiger partial charge is 0.251 e. The van der Waals surface area contributed by atoms with Crippen molar-refractivity contribution >= 4 is 12.3 Å². The van der Waals surface area contributed by atoms with Crippen LogP contribution < -0.4 is 0 Å². The number of amides is 1. The fourth-order valence-electron chi connectivity index (χ4n) is 2.63. The first-order valence-corrected chi connectivity index (χ1v) is 6.72. The number of carbonyl (C=O) groups excluding carboxylic acids is 1. The second-order valence-electron chi connectivity index (χ2n) is 4.92. The van der Waals surface area contributed by atoms with Crippen molar-refractivity contribution in [2.75, 3.05) is 13.1 Å². The lowest BCUT2D eigenvalue weighted by Gasteiger charge is -2.29. The van der Waals surface area contributed by atoms with Gasteiger partial charge in [0, 0.05) is 25.5 Å². The van der Waals surface area contributed by atoms with Crippen LogP contribution in [0.2, 0.25) is 0 Å². The number of nitrogens with zero attached hydrogens (tertiary/aromatic N) is 3. The topological polar surface area (TPSA) is 54.8 Å². The average Bonchev–Trinajstić information content (AvgIpc) is 2.98. The summed E-state index contributed by atoms with van der Waals surface area (Å²) in [5.41, 5.74) is 0.947. The summed E-state index contributed by atoms with van der Waals surface area (Å²) in [6.07, 6.45) is 7.89. The third kappa shape index (κ3) is 2.45. The van der Waals surface area contributed by atoms with Crippen LogP contribution in [-0.2, 0) is 9.53 Å². The standard InChI is InChI=1S/C14H17N3O2/c18-14(17-8-2-1-3-9-17)12-13(19-10-16-12)11-4-6-15-7-5-11/h4-7,10,12-13H,1-3,8-9H2. The molecule has 0 aromatic carbocycles. The number of pyridine rings is 1. The van der Waals surface area contributed by atoms with Gasteiger partial charge in [0.1, 0.15) is 0 Å². The van der Waals surface area contributed by atoms with Crippen molar-refractivity contribution in [1.82, 2.24) is 9.88 Å². The molecule has 0 radical (unpaired) electrons. The summed E-state index contributed by atoms with van der Waals surface area (Å²) in [6, 6.07) is 3.30. The predicted octanol–water partition coefficient (Wildman–Crippen LogP) is 1.56. The van der Waals surface area contributed by atoms with E-state index in [9.17, 15) is 4.79 Å². The molecule has 1 aromatic rings. The number of carbonyl (C=O) groups is 1. The van der Waals surface area contributed by atoms with Gasteiger partial charge in [-0.05, 0) is 37.0 Å². The van der Waals surface area contributed by atoms with E-state index in [1.165, 1.54) is 12.8 Å². The van der Waals surface area contributed by atoms with Crippen LogP contribution in [0.5, 0.6) is 0 Å². The lowest BCUT2D eigenvalue weighted by atomic mass is 10.0. The Morgan fingerprint density at radius 1 is 1.21 bits per heavy atom. The third-order valence-electron chi connectivity index (χ3n) is 3.67. The van der Waals surface area contributed by atoms with Crippen LogP contribution in [0.25, 0.3) is 0 Å². The molecule has 0 aliphatic carbocycles. The molecule has 2 unspecified atom stereocenters. The Labute approximate surface area is 112 Å². The SMILES string of the molecule is O=C(C1N=COC1c1ccncc1)N1CCCCC1. The van der Waals surface area contributed by atoms with Crippen LogP contribution in [0.4, 0.5) is 0 Å². The number of piperidine rings is 1. The molecule has 2 aliphatic rings. The third-order valence-corrected chi connectivity index (χ3v) is 3.67. The maximum Gasteiger partial charge on any atom is 0.251 e. The van der Waals surface area contributed by atoms with E-state index in [2.05, 4.69) is 9.98 Å². The molecule has 3 heterocycles. The molecule has 0 saturated carbocycles. The van der Waals surface area contributed by atoms with E-state index < -0.39 is 6.04 Å². The monoisotopic (exact) mass is 259 g/mol. The fourth-order valence-corrected chi connectivity index (χ4v) is 2.63. The maximum absolute atomic E-state index is 12.5. The molecule has 100 valence electrons. The first-order valence-electron chi connectivity index (χ1n) is 6.72. The number of likely N-dealkylation sites (tertiary alicyclic amines) is 1. The molecular weight excluding hydrogens is 242 g/mol. The van der Waals surface area contributed by atoms with Gasteiger partial charge in [-0.3, -0.25) is 9.78 Å². The molecule has 2 atom stereocenters. The Kier molecular flexibility index (Phi) is 3.44. The van der Waals surface area contributed by atoms with Crippen LogP contribution in [-0.4, -0.2) is 41.3 Å². The van der Waals surface area contributed by atoms with Gasteiger partial charge in [-0.2, -0.15) is 0 Å². The van der Waals surface area contributed by atoms with E-state index in [4.69, 9.17) is 4.74 Å². The van der Waals surface area contributed by atoms with Crippen LogP contribution in [0.3, 0.4) is 0 Å². The Bertz CT molecular complexity index is 469. The van der Waals surface area contributed by atoms with Crippen LogP contribution in [0, 0.1) is 0 Å². The van der Waals surface area contributed by atoms with Crippen molar-refractivity contribution in [1.29, 1.82) is 0 Å². The number of aromatic nitrogens is 1. The van der Waals surface area contributed by atoms with Gasteiger partial charge in [0.25, 0.3) is 5.91 Å². The first-order chi connectivity index (χ1) is 9.36. The highest BCUT2D eigenvalue weighted by Crippen LogP contribution is 2.28. The van der Waals surface area contributed by atoms with E-state index in [1.54, 1.807) is 12.4 Å². The van der Waals surface area contributed by atoms with Crippen molar-refractivity contribution in [2.24, 2.45) is 4.99 Å². The van der Waals surface area contributed by atoms with Crippen molar-refractivity contribution in [3.63, 3.8) is 0 Å². The highest BCUT2D eigenvalue weighted by atomic mass is 16.5. The lowest BCUT2D eigenvalue weighted by molar-refractivity contribution is -0.135. The summed E-state index contributed by atoms with van der Waals surface area (Å²) in [4.78, 5) is 22.6. The summed E-state index contributed by atoms with van der Waals surface area (Å²) in [5, 5.41) is 0. The minimum Gasteiger partial charge on any atom is -0.473 e. The minimum atomic E-state index is -0.444. The van der Waals surface area contributed by atoms with Gasteiger partial charge in [0.05, 0.1) is 0 Å².